The maximum atomic E-state index is 13.8. The number of hydrogen-bond donors (Lipinski definition) is 1. The molecule has 0 heterocycles. The lowest BCUT2D eigenvalue weighted by atomic mass is 9.97. The third kappa shape index (κ3) is 7.04. The first kappa shape index (κ1) is 26.7. The first-order chi connectivity index (χ1) is 16.9. The van der Waals surface area contributed by atoms with Gasteiger partial charge < -0.3 is 19.5 Å². The number of methoxy groups -OCH3 is 2. The topological polar surface area (TPSA) is 94.2 Å². The van der Waals surface area contributed by atoms with Gasteiger partial charge in [-0.25, -0.2) is 8.42 Å². The van der Waals surface area contributed by atoms with Crippen molar-refractivity contribution in [1.82, 2.24) is 5.32 Å². The van der Waals surface area contributed by atoms with Crippen LogP contribution in [0.5, 0.6) is 17.2 Å². The van der Waals surface area contributed by atoms with Crippen LogP contribution in [0.1, 0.15) is 51.9 Å². The van der Waals surface area contributed by atoms with Gasteiger partial charge in [0.25, 0.3) is 10.0 Å². The number of carbonyl (C=O) groups is 1. The van der Waals surface area contributed by atoms with Crippen LogP contribution in [0.2, 0.25) is 0 Å². The van der Waals surface area contributed by atoms with Gasteiger partial charge in [-0.15, -0.1) is 0 Å². The summed E-state index contributed by atoms with van der Waals surface area (Å²) in [6, 6.07) is 11.1. The van der Waals surface area contributed by atoms with Crippen LogP contribution in [-0.4, -0.2) is 47.7 Å². The lowest BCUT2D eigenvalue weighted by Crippen LogP contribution is -2.44. The Labute approximate surface area is 208 Å². The summed E-state index contributed by atoms with van der Waals surface area (Å²) in [7, 11) is -1.16. The van der Waals surface area contributed by atoms with Gasteiger partial charge in [0, 0.05) is 12.1 Å². The lowest BCUT2D eigenvalue weighted by Gasteiger charge is -2.27. The normalized spacial score (nSPS) is 14.9. The molecule has 192 valence electrons. The molecule has 2 aromatic carbocycles. The molecule has 0 saturated heterocycles. The molecule has 0 spiro atoms. The van der Waals surface area contributed by atoms with Crippen molar-refractivity contribution in [2.75, 3.05) is 31.7 Å². The predicted octanol–water partition coefficient (Wildman–Crippen LogP) is 4.53. The highest BCUT2D eigenvalue weighted by Gasteiger charge is 2.29. The van der Waals surface area contributed by atoms with Crippen molar-refractivity contribution >= 4 is 21.6 Å². The molecule has 1 saturated carbocycles. The number of hydrogen-bond acceptors (Lipinski definition) is 6. The number of benzene rings is 2. The molecule has 35 heavy (non-hydrogen) atoms. The Hall–Kier alpha value is -2.94. The zero-order valence-corrected chi connectivity index (χ0v) is 21.6. The van der Waals surface area contributed by atoms with E-state index in [2.05, 4.69) is 5.32 Å². The molecule has 1 aliphatic rings. The molecular formula is C26H36N2O6S. The molecular weight excluding hydrogens is 468 g/mol. The first-order valence-corrected chi connectivity index (χ1v) is 13.6. The molecule has 1 fully saturated rings. The summed E-state index contributed by atoms with van der Waals surface area (Å²) < 4.78 is 44.7. The SMILES string of the molecule is CCOc1ccc(N(CC(=O)NC2CCCCCCC2)S(=O)(=O)c2ccc(OC)c(OC)c2)cc1. The molecule has 0 unspecified atom stereocenters. The van der Waals surface area contributed by atoms with Gasteiger partial charge in [-0.3, -0.25) is 9.10 Å². The van der Waals surface area contributed by atoms with E-state index in [1.54, 1.807) is 24.3 Å². The third-order valence-electron chi connectivity index (χ3n) is 6.14. The average Bonchev–Trinajstić information content (AvgIpc) is 2.84. The van der Waals surface area contributed by atoms with Gasteiger partial charge in [0.2, 0.25) is 5.91 Å². The van der Waals surface area contributed by atoms with Crippen molar-refractivity contribution in [2.24, 2.45) is 0 Å². The molecule has 3 rings (SSSR count). The second-order valence-corrected chi connectivity index (χ2v) is 10.4. The zero-order chi connectivity index (χ0) is 25.3. The van der Waals surface area contributed by atoms with Crippen LogP contribution < -0.4 is 23.8 Å². The molecule has 0 aliphatic heterocycles. The summed E-state index contributed by atoms with van der Waals surface area (Å²) in [4.78, 5) is 13.1. The van der Waals surface area contributed by atoms with Crippen molar-refractivity contribution in [3.05, 3.63) is 42.5 Å². The molecule has 0 bridgehead atoms. The number of sulfonamides is 1. The Kier molecular flexibility index (Phi) is 9.65. The van der Waals surface area contributed by atoms with E-state index in [0.717, 1.165) is 30.0 Å². The van der Waals surface area contributed by atoms with Crippen molar-refractivity contribution in [2.45, 2.75) is 62.8 Å². The van der Waals surface area contributed by atoms with Crippen LogP contribution in [-0.2, 0) is 14.8 Å². The molecule has 9 heteroatoms. The summed E-state index contributed by atoms with van der Waals surface area (Å²) in [6.07, 6.45) is 7.52. The largest absolute Gasteiger partial charge is 0.494 e. The monoisotopic (exact) mass is 504 g/mol. The van der Waals surface area contributed by atoms with E-state index in [1.165, 1.54) is 51.7 Å². The minimum atomic E-state index is -4.09. The molecule has 0 aromatic heterocycles. The Morgan fingerprint density at radius 2 is 1.57 bits per heavy atom. The fourth-order valence-corrected chi connectivity index (χ4v) is 5.74. The lowest BCUT2D eigenvalue weighted by molar-refractivity contribution is -0.120. The van der Waals surface area contributed by atoms with E-state index in [0.29, 0.717) is 29.5 Å². The number of carbonyl (C=O) groups excluding carboxylic acids is 1. The van der Waals surface area contributed by atoms with E-state index in [4.69, 9.17) is 14.2 Å². The Balaban J connectivity index is 1.90. The molecule has 2 aromatic rings. The van der Waals surface area contributed by atoms with Crippen LogP contribution in [0.3, 0.4) is 0 Å². The number of ether oxygens (including phenoxy) is 3. The standard InChI is InChI=1S/C26H36N2O6S/c1-4-34-22-14-12-21(13-15-22)28(19-26(29)27-20-10-8-6-5-7-9-11-20)35(30,31)23-16-17-24(32-2)25(18-23)33-3/h12-18,20H,4-11,19H2,1-3H3,(H,27,29). The van der Waals surface area contributed by atoms with Gasteiger partial charge in [0.1, 0.15) is 12.3 Å². The minimum Gasteiger partial charge on any atom is -0.494 e. The molecule has 0 radical (unpaired) electrons. The Bertz CT molecular complexity index is 1060. The van der Waals surface area contributed by atoms with Crippen LogP contribution in [0, 0.1) is 0 Å². The maximum Gasteiger partial charge on any atom is 0.264 e. The number of nitrogens with one attached hydrogen (secondary N) is 1. The smallest absolute Gasteiger partial charge is 0.264 e. The summed E-state index contributed by atoms with van der Waals surface area (Å²) in [6.45, 7) is 2.04. The highest BCUT2D eigenvalue weighted by atomic mass is 32.2. The first-order valence-electron chi connectivity index (χ1n) is 12.2. The minimum absolute atomic E-state index is 0.00258. The van der Waals surface area contributed by atoms with Gasteiger partial charge in [0.15, 0.2) is 11.5 Å². The van der Waals surface area contributed by atoms with Crippen LogP contribution in [0.25, 0.3) is 0 Å². The van der Waals surface area contributed by atoms with Crippen molar-refractivity contribution < 1.29 is 27.4 Å². The van der Waals surface area contributed by atoms with Crippen LogP contribution in [0.15, 0.2) is 47.4 Å². The van der Waals surface area contributed by atoms with E-state index in [1.807, 2.05) is 6.92 Å². The van der Waals surface area contributed by atoms with Gasteiger partial charge in [-0.1, -0.05) is 32.1 Å². The van der Waals surface area contributed by atoms with Crippen molar-refractivity contribution in [1.29, 1.82) is 0 Å². The van der Waals surface area contributed by atoms with Gasteiger partial charge in [-0.2, -0.15) is 0 Å². The Morgan fingerprint density at radius 3 is 2.17 bits per heavy atom. The highest BCUT2D eigenvalue weighted by Crippen LogP contribution is 2.32. The number of amides is 1. The van der Waals surface area contributed by atoms with Crippen LogP contribution in [0.4, 0.5) is 5.69 Å². The summed E-state index contributed by atoms with van der Waals surface area (Å²) >= 11 is 0. The molecule has 8 nitrogen and oxygen atoms in total. The van der Waals surface area contributed by atoms with Crippen LogP contribution >= 0.6 is 0 Å². The molecule has 1 aliphatic carbocycles. The van der Waals surface area contributed by atoms with Gasteiger partial charge in [-0.05, 0) is 56.2 Å². The predicted molar refractivity (Wildman–Crippen MR) is 136 cm³/mol. The van der Waals surface area contributed by atoms with E-state index < -0.39 is 10.0 Å². The highest BCUT2D eigenvalue weighted by molar-refractivity contribution is 7.92. The fourth-order valence-electron chi connectivity index (χ4n) is 4.30. The average molecular weight is 505 g/mol. The van der Waals surface area contributed by atoms with E-state index in [-0.39, 0.29) is 23.4 Å². The fraction of sp³-hybridized carbons (Fsp3) is 0.500. The van der Waals surface area contributed by atoms with Gasteiger partial charge >= 0.3 is 0 Å². The van der Waals surface area contributed by atoms with Gasteiger partial charge in [0.05, 0.1) is 31.4 Å². The Morgan fingerprint density at radius 1 is 0.943 bits per heavy atom. The van der Waals surface area contributed by atoms with E-state index >= 15 is 0 Å². The second kappa shape index (κ2) is 12.7. The third-order valence-corrected chi connectivity index (χ3v) is 7.91. The zero-order valence-electron chi connectivity index (χ0n) is 20.8. The number of rotatable bonds is 10. The summed E-state index contributed by atoms with van der Waals surface area (Å²) in [5.41, 5.74) is 0.371. The quantitative estimate of drug-likeness (QED) is 0.511. The number of nitrogens with zero attached hydrogens (tertiary/aromatic N) is 1. The molecule has 0 atom stereocenters. The molecule has 1 N–H and O–H groups in total. The van der Waals surface area contributed by atoms with E-state index in [9.17, 15) is 13.2 Å². The molecule has 1 amide bonds. The summed E-state index contributed by atoms with van der Waals surface area (Å²) in [5.74, 6) is 1.01. The number of anilines is 1. The maximum absolute atomic E-state index is 13.8. The van der Waals surface area contributed by atoms with Crippen molar-refractivity contribution in [3.63, 3.8) is 0 Å². The summed E-state index contributed by atoms with van der Waals surface area (Å²) in [5, 5.41) is 3.07. The van der Waals surface area contributed by atoms with Crippen molar-refractivity contribution in [3.8, 4) is 17.2 Å². The second-order valence-electron chi connectivity index (χ2n) is 8.56.